The number of nitrogens with one attached hydrogen (secondary N) is 2. The van der Waals surface area contributed by atoms with Crippen LogP contribution in [-0.2, 0) is 55.5 Å². The lowest BCUT2D eigenvalue weighted by atomic mass is 9.87. The van der Waals surface area contributed by atoms with E-state index in [1.54, 1.807) is 0 Å². The summed E-state index contributed by atoms with van der Waals surface area (Å²) < 4.78 is 61.7. The normalized spacial score (nSPS) is 22.1. The molecule has 53 heavy (non-hydrogen) atoms. The van der Waals surface area contributed by atoms with Crippen molar-refractivity contribution in [1.82, 2.24) is 30.2 Å². The molecule has 2 amide bonds. The second-order valence-electron chi connectivity index (χ2n) is 11.5. The van der Waals surface area contributed by atoms with Crippen LogP contribution in [0.3, 0.4) is 0 Å². The van der Waals surface area contributed by atoms with E-state index in [1.165, 1.54) is 13.8 Å². The minimum absolute atomic E-state index is 0.0153. The predicted molar refractivity (Wildman–Crippen MR) is 175 cm³/mol. The minimum atomic E-state index is -5.59. The van der Waals surface area contributed by atoms with E-state index in [1.807, 2.05) is 0 Å². The van der Waals surface area contributed by atoms with Gasteiger partial charge in [0.2, 0.25) is 11.8 Å². The molecule has 1 aliphatic rings. The Bertz CT molecular complexity index is 1810. The first-order chi connectivity index (χ1) is 24.4. The number of nitrogens with zero attached hydrogens (tertiary/aromatic N) is 4. The van der Waals surface area contributed by atoms with Crippen LogP contribution in [0.1, 0.15) is 26.5 Å². The standard InChI is InChI=1S/C23H36N7O19P3S/c1-23(2,16(33)19(34)26-4-3-12(31)25-5-6-53-22(37)21(35)36)8-46-52(43,44)49-51(41,42)45-7-11-15(48-50(38,39)40)14(32)20(47-11)30-10-29-13-17(24)27-9-28-18(13)30/h9-11,14-16,20,32-33H,3-8H2,1-2H3,(H,25,31)(H,26,34)(H,35,36)(H,41,42)(H,43,44)(H2,24,27,28)(H2,38,39,40). The average Bonchev–Trinajstić information content (AvgIpc) is 3.60. The number of carboxylic acids is 1. The van der Waals surface area contributed by atoms with Gasteiger partial charge in [-0.3, -0.25) is 32.5 Å². The van der Waals surface area contributed by atoms with Crippen molar-refractivity contribution < 1.29 is 90.4 Å². The first-order valence-electron chi connectivity index (χ1n) is 14.7. The summed E-state index contributed by atoms with van der Waals surface area (Å²) in [7, 11) is -16.4. The number of aromatic nitrogens is 4. The number of ether oxygens (including phenoxy) is 1. The van der Waals surface area contributed by atoms with Crippen LogP contribution in [0, 0.1) is 5.41 Å². The first-order valence-corrected chi connectivity index (χ1v) is 20.2. The van der Waals surface area contributed by atoms with Crippen LogP contribution in [-0.4, -0.2) is 134 Å². The van der Waals surface area contributed by atoms with E-state index >= 15 is 0 Å². The molecule has 0 saturated carbocycles. The molecule has 0 aromatic carbocycles. The number of carbonyl (C=O) groups excluding carboxylic acids is 3. The van der Waals surface area contributed by atoms with Gasteiger partial charge in [0.25, 0.3) is 5.12 Å². The average molecular weight is 840 g/mol. The number of aliphatic hydroxyl groups excluding tert-OH is 2. The summed E-state index contributed by atoms with van der Waals surface area (Å²) in [6.45, 7) is 0.0165. The van der Waals surface area contributed by atoms with Gasteiger partial charge < -0.3 is 56.0 Å². The summed E-state index contributed by atoms with van der Waals surface area (Å²) in [5, 5.41) is 33.3. The molecule has 3 heterocycles. The molecule has 1 aliphatic heterocycles. The van der Waals surface area contributed by atoms with Crippen LogP contribution in [0.15, 0.2) is 12.7 Å². The van der Waals surface area contributed by atoms with Gasteiger partial charge in [-0.15, -0.1) is 0 Å². The molecule has 26 nitrogen and oxygen atoms in total. The van der Waals surface area contributed by atoms with Crippen molar-refractivity contribution in [3.63, 3.8) is 0 Å². The van der Waals surface area contributed by atoms with Gasteiger partial charge >= 0.3 is 29.4 Å². The number of carboxylic acid groups (broad SMARTS) is 1. The van der Waals surface area contributed by atoms with Crippen molar-refractivity contribution in [2.24, 2.45) is 5.41 Å². The highest BCUT2D eigenvalue weighted by molar-refractivity contribution is 8.15. The fourth-order valence-electron chi connectivity index (χ4n) is 4.34. The molecule has 1 saturated heterocycles. The molecule has 30 heteroatoms. The molecule has 7 atom stereocenters. The summed E-state index contributed by atoms with van der Waals surface area (Å²) >= 11 is 0.479. The van der Waals surface area contributed by atoms with Gasteiger partial charge in [-0.05, 0) is 0 Å². The molecule has 298 valence electrons. The highest BCUT2D eigenvalue weighted by Gasteiger charge is 2.50. The highest BCUT2D eigenvalue weighted by Crippen LogP contribution is 2.61. The summed E-state index contributed by atoms with van der Waals surface area (Å²) in [4.78, 5) is 96.5. The minimum Gasteiger partial charge on any atom is -0.475 e. The van der Waals surface area contributed by atoms with E-state index in [2.05, 4.69) is 34.4 Å². The lowest BCUT2D eigenvalue weighted by molar-refractivity contribution is -0.144. The molecule has 0 bridgehead atoms. The fraction of sp³-hybridized carbons (Fsp3) is 0.609. The number of aliphatic hydroxyl groups is 2. The van der Waals surface area contributed by atoms with Crippen LogP contribution in [0.2, 0.25) is 0 Å². The van der Waals surface area contributed by atoms with E-state index in [9.17, 15) is 62.7 Å². The first kappa shape index (κ1) is 44.4. The Labute approximate surface area is 302 Å². The zero-order valence-electron chi connectivity index (χ0n) is 27.4. The smallest absolute Gasteiger partial charge is 0.475 e. The Kier molecular flexibility index (Phi) is 15.2. The van der Waals surface area contributed by atoms with Gasteiger partial charge in [-0.25, -0.2) is 33.4 Å². The predicted octanol–water partition coefficient (Wildman–Crippen LogP) is -2.25. The number of phosphoric acid groups is 3. The molecule has 1 fully saturated rings. The van der Waals surface area contributed by atoms with Gasteiger partial charge in [0, 0.05) is 30.7 Å². The summed E-state index contributed by atoms with van der Waals surface area (Å²) in [6, 6.07) is 0. The monoisotopic (exact) mass is 839 g/mol. The number of amides is 2. The Balaban J connectivity index is 1.53. The third-order valence-electron chi connectivity index (χ3n) is 6.91. The fourth-order valence-corrected chi connectivity index (χ4v) is 7.68. The van der Waals surface area contributed by atoms with E-state index in [-0.39, 0.29) is 42.2 Å². The number of phosphoric ester groups is 3. The Hall–Kier alpha value is -2.97. The van der Waals surface area contributed by atoms with Crippen molar-refractivity contribution in [3.8, 4) is 0 Å². The topological polar surface area (TPSA) is 401 Å². The van der Waals surface area contributed by atoms with E-state index in [4.69, 9.17) is 24.6 Å². The quantitative estimate of drug-likeness (QED) is 0.0406. The van der Waals surface area contributed by atoms with Gasteiger partial charge in [0.15, 0.2) is 17.7 Å². The number of nitrogens with two attached hydrogens (primary N) is 1. The number of carbonyl (C=O) groups is 4. The number of fused-ring (bicyclic) bond motifs is 1. The second-order valence-corrected chi connectivity index (χ2v) is 16.8. The zero-order valence-corrected chi connectivity index (χ0v) is 30.9. The number of imidazole rings is 1. The number of hydrogen-bond acceptors (Lipinski definition) is 19. The van der Waals surface area contributed by atoms with Crippen molar-refractivity contribution >= 4 is 75.1 Å². The van der Waals surface area contributed by atoms with Crippen LogP contribution >= 0.6 is 35.2 Å². The molecule has 3 rings (SSSR count). The molecular weight excluding hydrogens is 803 g/mol. The van der Waals surface area contributed by atoms with Crippen molar-refractivity contribution in [2.75, 3.05) is 37.8 Å². The van der Waals surface area contributed by atoms with Crippen LogP contribution in [0.5, 0.6) is 0 Å². The Morgan fingerprint density at radius 2 is 1.72 bits per heavy atom. The van der Waals surface area contributed by atoms with Gasteiger partial charge in [-0.1, -0.05) is 25.6 Å². The molecule has 11 N–H and O–H groups in total. The summed E-state index contributed by atoms with van der Waals surface area (Å²) in [6.07, 6.45) is -7.16. The molecule has 2 aromatic heterocycles. The maximum Gasteiger partial charge on any atom is 0.481 e. The van der Waals surface area contributed by atoms with Crippen molar-refractivity contribution in [3.05, 3.63) is 12.7 Å². The van der Waals surface area contributed by atoms with E-state index < -0.39 is 95.6 Å². The van der Waals surface area contributed by atoms with Crippen LogP contribution in [0.4, 0.5) is 5.82 Å². The van der Waals surface area contributed by atoms with Gasteiger partial charge in [-0.2, -0.15) is 4.31 Å². The maximum atomic E-state index is 12.6. The Morgan fingerprint density at radius 3 is 2.36 bits per heavy atom. The van der Waals surface area contributed by atoms with Gasteiger partial charge in [0.1, 0.15) is 36.3 Å². The molecule has 2 aromatic rings. The van der Waals surface area contributed by atoms with Gasteiger partial charge in [0.05, 0.1) is 19.5 Å². The lowest BCUT2D eigenvalue weighted by Gasteiger charge is -2.30. The molecule has 0 spiro atoms. The molecule has 0 aliphatic carbocycles. The third kappa shape index (κ3) is 13.1. The molecule has 0 radical (unpaired) electrons. The number of anilines is 1. The third-order valence-corrected chi connectivity index (χ3v) is 10.9. The van der Waals surface area contributed by atoms with Crippen LogP contribution in [0.25, 0.3) is 11.2 Å². The van der Waals surface area contributed by atoms with Crippen molar-refractivity contribution in [1.29, 1.82) is 0 Å². The van der Waals surface area contributed by atoms with E-state index in [0.29, 0.717) is 11.8 Å². The Morgan fingerprint density at radius 1 is 1.06 bits per heavy atom. The summed E-state index contributed by atoms with van der Waals surface area (Å²) in [5.74, 6) is -3.32. The second kappa shape index (κ2) is 18.1. The maximum absolute atomic E-state index is 12.6. The SMILES string of the molecule is CC(C)(COP(=O)(O)OP(=O)(O)OCC1OC(n2cnc3c(N)ncnc32)C(O)C1OP(=O)(O)O)C(O)C(=O)NCCC(=O)NCCSC(=O)C(=O)O. The number of aliphatic carboxylic acids is 1. The largest absolute Gasteiger partial charge is 0.481 e. The number of nitrogen functional groups attached to an aromatic ring is 1. The highest BCUT2D eigenvalue weighted by atomic mass is 32.2. The summed E-state index contributed by atoms with van der Waals surface area (Å²) in [5.41, 5.74) is 4.18. The van der Waals surface area contributed by atoms with Crippen LogP contribution < -0.4 is 16.4 Å². The zero-order chi connectivity index (χ0) is 39.9. The van der Waals surface area contributed by atoms with Crippen molar-refractivity contribution in [2.45, 2.75) is 50.9 Å². The lowest BCUT2D eigenvalue weighted by Crippen LogP contribution is -2.46. The number of rotatable bonds is 19. The molecule has 7 unspecified atom stereocenters. The number of thioether (sulfide) groups is 1. The molecular formula is C23H36N7O19P3S. The number of hydrogen-bond donors (Lipinski definition) is 10. The van der Waals surface area contributed by atoms with E-state index in [0.717, 1.165) is 17.2 Å².